The van der Waals surface area contributed by atoms with Crippen LogP contribution in [0.15, 0.2) is 53.9 Å². The molecule has 1 unspecified atom stereocenters. The number of nitrogens with zero attached hydrogens (tertiary/aromatic N) is 2. The van der Waals surface area contributed by atoms with Crippen LogP contribution < -0.4 is 9.47 Å². The Morgan fingerprint density at radius 2 is 1.93 bits per heavy atom. The Hall–Kier alpha value is -2.41. The van der Waals surface area contributed by atoms with Gasteiger partial charge in [-0.25, -0.2) is 4.98 Å². The molecule has 2 aromatic carbocycles. The number of ether oxygens (including phenoxy) is 3. The second-order valence-corrected chi connectivity index (χ2v) is 7.61. The van der Waals surface area contributed by atoms with Gasteiger partial charge in [-0.3, -0.25) is 4.90 Å². The summed E-state index contributed by atoms with van der Waals surface area (Å²) in [6.07, 6.45) is 0.0105. The summed E-state index contributed by atoms with van der Waals surface area (Å²) in [5, 5.41) is 3.10. The van der Waals surface area contributed by atoms with E-state index in [1.54, 1.807) is 25.6 Å². The van der Waals surface area contributed by atoms with E-state index in [0.717, 1.165) is 42.5 Å². The van der Waals surface area contributed by atoms with Crippen LogP contribution in [0.25, 0.3) is 11.3 Å². The van der Waals surface area contributed by atoms with E-state index in [1.165, 1.54) is 5.56 Å². The normalized spacial score (nSPS) is 17.4. The van der Waals surface area contributed by atoms with E-state index in [4.69, 9.17) is 19.2 Å². The Balaban J connectivity index is 1.48. The van der Waals surface area contributed by atoms with Gasteiger partial charge in [0.05, 0.1) is 26.5 Å². The molecule has 1 aromatic heterocycles. The van der Waals surface area contributed by atoms with Gasteiger partial charge in [0.2, 0.25) is 0 Å². The smallest absolute Gasteiger partial charge is 0.161 e. The third-order valence-corrected chi connectivity index (χ3v) is 5.81. The first-order valence-electron chi connectivity index (χ1n) is 9.32. The fourth-order valence-corrected chi connectivity index (χ4v) is 4.27. The lowest BCUT2D eigenvalue weighted by molar-refractivity contribution is -0.0329. The highest BCUT2D eigenvalue weighted by Gasteiger charge is 2.25. The number of aromatic nitrogens is 1. The number of methoxy groups -OCH3 is 2. The number of hydrogen-bond donors (Lipinski definition) is 0. The van der Waals surface area contributed by atoms with Crippen molar-refractivity contribution in [2.24, 2.45) is 0 Å². The van der Waals surface area contributed by atoms with Gasteiger partial charge in [0, 0.05) is 30.6 Å². The van der Waals surface area contributed by atoms with Crippen molar-refractivity contribution in [2.45, 2.75) is 12.6 Å². The summed E-state index contributed by atoms with van der Waals surface area (Å²) >= 11 is 1.65. The molecule has 28 heavy (non-hydrogen) atoms. The molecule has 1 aliphatic heterocycles. The number of morpholine rings is 1. The Kier molecular flexibility index (Phi) is 5.90. The lowest BCUT2D eigenvalue weighted by atomic mass is 10.1. The molecule has 146 valence electrons. The van der Waals surface area contributed by atoms with Crippen molar-refractivity contribution in [2.75, 3.05) is 33.9 Å². The molecule has 0 radical (unpaired) electrons. The second-order valence-electron chi connectivity index (χ2n) is 6.72. The average molecular weight is 397 g/mol. The molecular formula is C22H24N2O3S. The van der Waals surface area contributed by atoms with Gasteiger partial charge in [-0.05, 0) is 23.8 Å². The summed E-state index contributed by atoms with van der Waals surface area (Å²) in [7, 11) is 3.28. The highest BCUT2D eigenvalue weighted by molar-refractivity contribution is 7.10. The molecule has 6 heteroatoms. The zero-order chi connectivity index (χ0) is 19.3. The maximum atomic E-state index is 6.02. The summed E-state index contributed by atoms with van der Waals surface area (Å²) in [4.78, 5) is 7.28. The van der Waals surface area contributed by atoms with Crippen LogP contribution in [-0.4, -0.2) is 43.8 Å². The number of rotatable bonds is 6. The van der Waals surface area contributed by atoms with Crippen LogP contribution in [0.4, 0.5) is 0 Å². The maximum Gasteiger partial charge on any atom is 0.161 e. The highest BCUT2D eigenvalue weighted by atomic mass is 32.1. The SMILES string of the molecule is COc1ccc(-c2csc(C3CN(Cc4ccccc4)CCO3)n2)cc1OC. The fourth-order valence-electron chi connectivity index (χ4n) is 3.40. The van der Waals surface area contributed by atoms with Crippen molar-refractivity contribution < 1.29 is 14.2 Å². The monoisotopic (exact) mass is 396 g/mol. The van der Waals surface area contributed by atoms with Crippen molar-refractivity contribution in [1.82, 2.24) is 9.88 Å². The van der Waals surface area contributed by atoms with Gasteiger partial charge in [0.15, 0.2) is 11.5 Å². The van der Waals surface area contributed by atoms with Crippen LogP contribution in [0.2, 0.25) is 0 Å². The summed E-state index contributed by atoms with van der Waals surface area (Å²) in [6, 6.07) is 16.4. The van der Waals surface area contributed by atoms with Crippen LogP contribution in [0.5, 0.6) is 11.5 Å². The third-order valence-electron chi connectivity index (χ3n) is 4.88. The number of benzene rings is 2. The van der Waals surface area contributed by atoms with E-state index in [2.05, 4.69) is 40.6 Å². The van der Waals surface area contributed by atoms with Crippen LogP contribution in [0.1, 0.15) is 16.7 Å². The van der Waals surface area contributed by atoms with Crippen molar-refractivity contribution in [3.63, 3.8) is 0 Å². The number of thiazole rings is 1. The van der Waals surface area contributed by atoms with Gasteiger partial charge in [0.25, 0.3) is 0 Å². The summed E-state index contributed by atoms with van der Waals surface area (Å²) in [5.74, 6) is 1.42. The molecule has 0 amide bonds. The van der Waals surface area contributed by atoms with Gasteiger partial charge in [-0.1, -0.05) is 30.3 Å². The molecule has 2 heterocycles. The van der Waals surface area contributed by atoms with Gasteiger partial charge >= 0.3 is 0 Å². The van der Waals surface area contributed by atoms with Crippen molar-refractivity contribution >= 4 is 11.3 Å². The Morgan fingerprint density at radius 3 is 2.71 bits per heavy atom. The quantitative estimate of drug-likeness (QED) is 0.618. The van der Waals surface area contributed by atoms with Gasteiger partial charge < -0.3 is 14.2 Å². The van der Waals surface area contributed by atoms with E-state index < -0.39 is 0 Å². The van der Waals surface area contributed by atoms with Gasteiger partial charge in [0.1, 0.15) is 11.1 Å². The van der Waals surface area contributed by atoms with Crippen LogP contribution in [0.3, 0.4) is 0 Å². The first-order chi connectivity index (χ1) is 13.8. The predicted molar refractivity (Wildman–Crippen MR) is 111 cm³/mol. The molecule has 3 aromatic rings. The van der Waals surface area contributed by atoms with E-state index in [1.807, 2.05) is 18.2 Å². The summed E-state index contributed by atoms with van der Waals surface area (Å²) in [6.45, 7) is 3.46. The standard InChI is InChI=1S/C22H24N2O3S/c1-25-19-9-8-17(12-20(19)26-2)18-15-28-22(23-18)21-14-24(10-11-27-21)13-16-6-4-3-5-7-16/h3-9,12,15,21H,10-11,13-14H2,1-2H3. The molecule has 5 nitrogen and oxygen atoms in total. The summed E-state index contributed by atoms with van der Waals surface area (Å²) < 4.78 is 16.8. The van der Waals surface area contributed by atoms with Gasteiger partial charge in [-0.2, -0.15) is 0 Å². The van der Waals surface area contributed by atoms with Crippen molar-refractivity contribution in [3.8, 4) is 22.8 Å². The maximum absolute atomic E-state index is 6.02. The molecule has 1 aliphatic rings. The molecule has 1 saturated heterocycles. The van der Waals surface area contributed by atoms with Crippen LogP contribution >= 0.6 is 11.3 Å². The molecule has 1 atom stereocenters. The molecule has 4 rings (SSSR count). The van der Waals surface area contributed by atoms with Crippen molar-refractivity contribution in [3.05, 3.63) is 64.5 Å². The minimum atomic E-state index is 0.0105. The first-order valence-corrected chi connectivity index (χ1v) is 10.2. The average Bonchev–Trinajstić information content (AvgIpc) is 3.24. The predicted octanol–water partition coefficient (Wildman–Crippen LogP) is 4.40. The molecule has 0 spiro atoms. The van der Waals surface area contributed by atoms with Crippen LogP contribution in [-0.2, 0) is 11.3 Å². The largest absolute Gasteiger partial charge is 0.493 e. The first kappa shape index (κ1) is 18.9. The minimum absolute atomic E-state index is 0.0105. The van der Waals surface area contributed by atoms with Crippen molar-refractivity contribution in [1.29, 1.82) is 0 Å². The Morgan fingerprint density at radius 1 is 1.11 bits per heavy atom. The van der Waals surface area contributed by atoms with E-state index >= 15 is 0 Å². The molecule has 0 aliphatic carbocycles. The molecule has 0 bridgehead atoms. The zero-order valence-corrected chi connectivity index (χ0v) is 16.9. The lowest BCUT2D eigenvalue weighted by Crippen LogP contribution is -2.37. The zero-order valence-electron chi connectivity index (χ0n) is 16.1. The molecule has 0 saturated carbocycles. The Bertz CT molecular complexity index is 913. The van der Waals surface area contributed by atoms with E-state index in [-0.39, 0.29) is 6.10 Å². The van der Waals surface area contributed by atoms with E-state index in [0.29, 0.717) is 11.5 Å². The molecule has 1 fully saturated rings. The molecular weight excluding hydrogens is 372 g/mol. The third kappa shape index (κ3) is 4.19. The fraction of sp³-hybridized carbons (Fsp3) is 0.318. The van der Waals surface area contributed by atoms with Gasteiger partial charge in [-0.15, -0.1) is 11.3 Å². The lowest BCUT2D eigenvalue weighted by Gasteiger charge is -2.32. The van der Waals surface area contributed by atoms with Crippen LogP contribution in [0, 0.1) is 0 Å². The molecule has 0 N–H and O–H groups in total. The Labute approximate surface area is 169 Å². The summed E-state index contributed by atoms with van der Waals surface area (Å²) in [5.41, 5.74) is 3.27. The van der Waals surface area contributed by atoms with E-state index in [9.17, 15) is 0 Å². The topological polar surface area (TPSA) is 43.8 Å². The number of hydrogen-bond acceptors (Lipinski definition) is 6. The minimum Gasteiger partial charge on any atom is -0.493 e. The highest BCUT2D eigenvalue weighted by Crippen LogP contribution is 2.34. The second kappa shape index (κ2) is 8.73.